The molecule has 1 fully saturated rings. The van der Waals surface area contributed by atoms with E-state index in [0.717, 1.165) is 12.1 Å². The zero-order chi connectivity index (χ0) is 13.6. The molecule has 0 amide bonds. The van der Waals surface area contributed by atoms with Gasteiger partial charge in [0.25, 0.3) is 0 Å². The van der Waals surface area contributed by atoms with E-state index in [1.807, 2.05) is 12.4 Å². The summed E-state index contributed by atoms with van der Waals surface area (Å²) in [5.74, 6) is 0. The number of aromatic nitrogens is 2. The van der Waals surface area contributed by atoms with Crippen LogP contribution in [-0.4, -0.2) is 40.8 Å². The summed E-state index contributed by atoms with van der Waals surface area (Å²) >= 11 is 0. The second-order valence-corrected chi connectivity index (χ2v) is 5.48. The van der Waals surface area contributed by atoms with E-state index in [1.165, 1.54) is 38.0 Å². The first kappa shape index (κ1) is 13.2. The quantitative estimate of drug-likeness (QED) is 0.877. The Bertz CT molecular complexity index is 486. The summed E-state index contributed by atoms with van der Waals surface area (Å²) in [4.78, 5) is 2.57. The van der Waals surface area contributed by atoms with Gasteiger partial charge >= 0.3 is 0 Å². The van der Waals surface area contributed by atoms with Crippen molar-refractivity contribution in [2.24, 2.45) is 0 Å². The Kier molecular flexibility index (Phi) is 4.33. The maximum Gasteiger partial charge on any atom is 0.0725 e. The molecule has 1 aromatic carbocycles. The Hall–Kier alpha value is -1.81. The molecule has 1 aromatic heterocycles. The minimum absolute atomic E-state index is 0.584. The lowest BCUT2D eigenvalue weighted by Crippen LogP contribution is -2.39. The Labute approximate surface area is 120 Å². The number of H-pyrrole nitrogens is 1. The molecule has 2 heterocycles. The van der Waals surface area contributed by atoms with Gasteiger partial charge in [-0.15, -0.1) is 0 Å². The zero-order valence-electron chi connectivity index (χ0n) is 11.8. The first-order chi connectivity index (χ1) is 9.90. The summed E-state index contributed by atoms with van der Waals surface area (Å²) in [6, 6.07) is 11.3. The second-order valence-electron chi connectivity index (χ2n) is 5.48. The van der Waals surface area contributed by atoms with Gasteiger partial charge in [-0.1, -0.05) is 30.3 Å². The van der Waals surface area contributed by atoms with Crippen molar-refractivity contribution in [3.05, 3.63) is 48.3 Å². The van der Waals surface area contributed by atoms with E-state index < -0.39 is 0 Å². The van der Waals surface area contributed by atoms with Gasteiger partial charge < -0.3 is 10.2 Å². The van der Waals surface area contributed by atoms with Gasteiger partial charge in [0, 0.05) is 31.9 Å². The molecule has 0 unspecified atom stereocenters. The Morgan fingerprint density at radius 2 is 2.00 bits per heavy atom. The van der Waals surface area contributed by atoms with Crippen LogP contribution >= 0.6 is 0 Å². The molecule has 20 heavy (non-hydrogen) atoms. The minimum Gasteiger partial charge on any atom is -0.380 e. The molecule has 2 N–H and O–H groups in total. The monoisotopic (exact) mass is 270 g/mol. The molecule has 0 spiro atoms. The smallest absolute Gasteiger partial charge is 0.0725 e. The van der Waals surface area contributed by atoms with Crippen molar-refractivity contribution in [2.45, 2.75) is 25.3 Å². The number of hydrogen-bond acceptors (Lipinski definition) is 3. The Morgan fingerprint density at radius 3 is 2.70 bits per heavy atom. The third kappa shape index (κ3) is 3.61. The number of nitrogens with zero attached hydrogens (tertiary/aromatic N) is 2. The fraction of sp³-hybridized carbons (Fsp3) is 0.438. The minimum atomic E-state index is 0.584. The Morgan fingerprint density at radius 1 is 1.20 bits per heavy atom. The van der Waals surface area contributed by atoms with E-state index in [4.69, 9.17) is 0 Å². The summed E-state index contributed by atoms with van der Waals surface area (Å²) in [5.41, 5.74) is 2.54. The van der Waals surface area contributed by atoms with Crippen LogP contribution in [0.15, 0.2) is 42.7 Å². The molecule has 1 saturated heterocycles. The van der Waals surface area contributed by atoms with Gasteiger partial charge in [0.15, 0.2) is 0 Å². The standard InChI is InChI=1S/C16H22N4/c1-2-4-14(5-3-1)6-9-20-10-7-15(8-11-20)19-16-12-17-18-13-16/h1-5,12-13,15,19H,6-11H2,(H,17,18). The molecule has 2 aromatic rings. The number of benzene rings is 1. The van der Waals surface area contributed by atoms with Gasteiger partial charge in [0.2, 0.25) is 0 Å². The van der Waals surface area contributed by atoms with Crippen molar-refractivity contribution in [3.8, 4) is 0 Å². The predicted molar refractivity (Wildman–Crippen MR) is 81.8 cm³/mol. The molecule has 0 saturated carbocycles. The van der Waals surface area contributed by atoms with Crippen molar-refractivity contribution >= 4 is 5.69 Å². The van der Waals surface area contributed by atoms with Crippen molar-refractivity contribution in [2.75, 3.05) is 25.0 Å². The van der Waals surface area contributed by atoms with Gasteiger partial charge in [-0.05, 0) is 24.8 Å². The normalized spacial score (nSPS) is 17.2. The van der Waals surface area contributed by atoms with E-state index in [9.17, 15) is 0 Å². The number of anilines is 1. The fourth-order valence-electron chi connectivity index (χ4n) is 2.80. The fourth-order valence-corrected chi connectivity index (χ4v) is 2.80. The maximum atomic E-state index is 3.97. The van der Waals surface area contributed by atoms with Crippen LogP contribution in [-0.2, 0) is 6.42 Å². The van der Waals surface area contributed by atoms with Crippen molar-refractivity contribution in [1.29, 1.82) is 0 Å². The van der Waals surface area contributed by atoms with E-state index in [2.05, 4.69) is 50.7 Å². The topological polar surface area (TPSA) is 44.0 Å². The van der Waals surface area contributed by atoms with Crippen LogP contribution in [0.5, 0.6) is 0 Å². The molecule has 1 aliphatic heterocycles. The average Bonchev–Trinajstić information content (AvgIpc) is 3.01. The van der Waals surface area contributed by atoms with E-state index in [1.54, 1.807) is 0 Å². The van der Waals surface area contributed by atoms with Crippen molar-refractivity contribution in [1.82, 2.24) is 15.1 Å². The molecule has 0 atom stereocenters. The first-order valence-corrected chi connectivity index (χ1v) is 7.42. The van der Waals surface area contributed by atoms with Crippen LogP contribution in [0.4, 0.5) is 5.69 Å². The molecule has 0 aliphatic carbocycles. The summed E-state index contributed by atoms with van der Waals surface area (Å²) in [6.07, 6.45) is 7.34. The number of nitrogens with one attached hydrogen (secondary N) is 2. The van der Waals surface area contributed by atoms with Gasteiger partial charge in [0.1, 0.15) is 0 Å². The number of aromatic amines is 1. The highest BCUT2D eigenvalue weighted by Crippen LogP contribution is 2.15. The summed E-state index contributed by atoms with van der Waals surface area (Å²) < 4.78 is 0. The second kappa shape index (κ2) is 6.57. The van der Waals surface area contributed by atoms with Gasteiger partial charge in [-0.3, -0.25) is 5.10 Å². The lowest BCUT2D eigenvalue weighted by Gasteiger charge is -2.32. The molecule has 0 radical (unpaired) electrons. The molecule has 106 valence electrons. The lowest BCUT2D eigenvalue weighted by atomic mass is 10.0. The molecular formula is C16H22N4. The average molecular weight is 270 g/mol. The van der Waals surface area contributed by atoms with Crippen LogP contribution in [0.25, 0.3) is 0 Å². The highest BCUT2D eigenvalue weighted by molar-refractivity contribution is 5.38. The first-order valence-electron chi connectivity index (χ1n) is 7.42. The summed E-state index contributed by atoms with van der Waals surface area (Å²) in [5, 5.41) is 10.3. The largest absolute Gasteiger partial charge is 0.380 e. The predicted octanol–water partition coefficient (Wildman–Crippen LogP) is 2.53. The third-order valence-corrected chi connectivity index (χ3v) is 4.02. The summed E-state index contributed by atoms with van der Waals surface area (Å²) in [7, 11) is 0. The summed E-state index contributed by atoms with van der Waals surface area (Å²) in [6.45, 7) is 3.53. The number of hydrogen-bond donors (Lipinski definition) is 2. The maximum absolute atomic E-state index is 3.97. The lowest BCUT2D eigenvalue weighted by molar-refractivity contribution is 0.221. The third-order valence-electron chi connectivity index (χ3n) is 4.02. The Balaban J connectivity index is 1.40. The molecule has 4 heteroatoms. The molecule has 0 bridgehead atoms. The van der Waals surface area contributed by atoms with Crippen molar-refractivity contribution in [3.63, 3.8) is 0 Å². The SMILES string of the molecule is c1ccc(CCN2CCC(Nc3cn[nH]c3)CC2)cc1. The van der Waals surface area contributed by atoms with Crippen LogP contribution < -0.4 is 5.32 Å². The van der Waals surface area contributed by atoms with Crippen LogP contribution in [0.3, 0.4) is 0 Å². The molecule has 1 aliphatic rings. The molecular weight excluding hydrogens is 248 g/mol. The van der Waals surface area contributed by atoms with Crippen LogP contribution in [0, 0.1) is 0 Å². The number of piperidine rings is 1. The van der Waals surface area contributed by atoms with E-state index in [0.29, 0.717) is 6.04 Å². The van der Waals surface area contributed by atoms with Crippen LogP contribution in [0.1, 0.15) is 18.4 Å². The number of rotatable bonds is 5. The zero-order valence-corrected chi connectivity index (χ0v) is 11.8. The van der Waals surface area contributed by atoms with Crippen molar-refractivity contribution < 1.29 is 0 Å². The van der Waals surface area contributed by atoms with Crippen LogP contribution in [0.2, 0.25) is 0 Å². The highest BCUT2D eigenvalue weighted by Gasteiger charge is 2.18. The van der Waals surface area contributed by atoms with Gasteiger partial charge in [0.05, 0.1) is 11.9 Å². The highest BCUT2D eigenvalue weighted by atomic mass is 15.2. The molecule has 3 rings (SSSR count). The van der Waals surface area contributed by atoms with E-state index in [-0.39, 0.29) is 0 Å². The van der Waals surface area contributed by atoms with E-state index >= 15 is 0 Å². The van der Waals surface area contributed by atoms with Gasteiger partial charge in [-0.2, -0.15) is 5.10 Å². The van der Waals surface area contributed by atoms with Gasteiger partial charge in [-0.25, -0.2) is 0 Å². The molecule has 4 nitrogen and oxygen atoms in total. The number of likely N-dealkylation sites (tertiary alicyclic amines) is 1.